The van der Waals surface area contributed by atoms with Crippen LogP contribution < -0.4 is 10.0 Å². The standard InChI is InChI=1S/C22H26N4O3S3/c1-16-4-2-10-26(13-16)14-19-15-31-22(23-19)24-20(27)12-17-6-8-18(9-7-17)25-32(28,29)21-5-3-11-30-21/h3,5-9,11,15-16,25H,2,4,10,12-14H2,1H3,(H,23,24,27). The quantitative estimate of drug-likeness (QED) is 0.488. The van der Waals surface area contributed by atoms with Gasteiger partial charge in [0.25, 0.3) is 10.0 Å². The molecule has 2 N–H and O–H groups in total. The second-order valence-corrected chi connectivity index (χ2v) is 11.8. The van der Waals surface area contributed by atoms with Crippen molar-refractivity contribution in [2.75, 3.05) is 23.1 Å². The molecule has 2 aromatic heterocycles. The number of likely N-dealkylation sites (tertiary alicyclic amines) is 1. The molecule has 0 saturated carbocycles. The Morgan fingerprint density at radius 1 is 1.22 bits per heavy atom. The predicted octanol–water partition coefficient (Wildman–Crippen LogP) is 4.42. The number of sulfonamides is 1. The Morgan fingerprint density at radius 2 is 2.03 bits per heavy atom. The summed E-state index contributed by atoms with van der Waals surface area (Å²) in [7, 11) is -3.58. The van der Waals surface area contributed by atoms with Gasteiger partial charge < -0.3 is 5.32 Å². The number of carbonyl (C=O) groups is 1. The largest absolute Gasteiger partial charge is 0.302 e. The summed E-state index contributed by atoms with van der Waals surface area (Å²) >= 11 is 2.60. The lowest BCUT2D eigenvalue weighted by atomic mass is 10.0. The third-order valence-electron chi connectivity index (χ3n) is 5.26. The molecule has 1 aliphatic rings. The molecule has 3 aromatic rings. The highest BCUT2D eigenvalue weighted by Crippen LogP contribution is 2.22. The molecule has 0 spiro atoms. The van der Waals surface area contributed by atoms with Gasteiger partial charge in [-0.2, -0.15) is 0 Å². The van der Waals surface area contributed by atoms with Crippen LogP contribution in [0.4, 0.5) is 10.8 Å². The number of benzene rings is 1. The molecule has 4 rings (SSSR count). The SMILES string of the molecule is CC1CCCN(Cc2csc(NC(=O)Cc3ccc(NS(=O)(=O)c4cccs4)cc3)n2)C1. The molecule has 1 aliphatic heterocycles. The molecule has 7 nitrogen and oxygen atoms in total. The molecular formula is C22H26N4O3S3. The van der Waals surface area contributed by atoms with Gasteiger partial charge in [0.05, 0.1) is 12.1 Å². The van der Waals surface area contributed by atoms with Crippen molar-refractivity contribution in [1.29, 1.82) is 0 Å². The maximum atomic E-state index is 12.4. The minimum absolute atomic E-state index is 0.149. The van der Waals surface area contributed by atoms with Crippen LogP contribution in [0.5, 0.6) is 0 Å². The second kappa shape index (κ2) is 10.1. The normalized spacial score (nSPS) is 17.2. The van der Waals surface area contributed by atoms with Crippen LogP contribution in [0.2, 0.25) is 0 Å². The van der Waals surface area contributed by atoms with Gasteiger partial charge in [0.1, 0.15) is 4.21 Å². The van der Waals surface area contributed by atoms with Crippen molar-refractivity contribution in [2.24, 2.45) is 5.92 Å². The molecule has 10 heteroatoms. The Hall–Kier alpha value is -2.27. The van der Waals surface area contributed by atoms with Gasteiger partial charge >= 0.3 is 0 Å². The van der Waals surface area contributed by atoms with Crippen LogP contribution in [-0.2, 0) is 27.8 Å². The average Bonchev–Trinajstić information content (AvgIpc) is 3.42. The first-order valence-electron chi connectivity index (χ1n) is 10.5. The number of thiophene rings is 1. The summed E-state index contributed by atoms with van der Waals surface area (Å²) in [4.78, 5) is 19.4. The van der Waals surface area contributed by atoms with Gasteiger partial charge in [-0.05, 0) is 54.4 Å². The van der Waals surface area contributed by atoms with E-state index in [0.717, 1.165) is 48.1 Å². The van der Waals surface area contributed by atoms with Crippen LogP contribution in [0.25, 0.3) is 0 Å². The fraction of sp³-hybridized carbons (Fsp3) is 0.364. The van der Waals surface area contributed by atoms with E-state index in [-0.39, 0.29) is 16.5 Å². The smallest absolute Gasteiger partial charge is 0.271 e. The molecule has 0 aliphatic carbocycles. The van der Waals surface area contributed by atoms with E-state index in [1.807, 2.05) is 5.38 Å². The number of thiazole rings is 1. The highest BCUT2D eigenvalue weighted by Gasteiger charge is 2.18. The summed E-state index contributed by atoms with van der Waals surface area (Å²) in [6, 6.07) is 10.1. The Kier molecular flexibility index (Phi) is 7.24. The van der Waals surface area contributed by atoms with Gasteiger partial charge in [0.15, 0.2) is 5.13 Å². The lowest BCUT2D eigenvalue weighted by molar-refractivity contribution is -0.115. The van der Waals surface area contributed by atoms with Crippen molar-refractivity contribution in [3.63, 3.8) is 0 Å². The van der Waals surface area contributed by atoms with Crippen molar-refractivity contribution in [2.45, 2.75) is 36.9 Å². The summed E-state index contributed by atoms with van der Waals surface area (Å²) in [5, 5.41) is 7.20. The molecule has 0 bridgehead atoms. The molecular weight excluding hydrogens is 464 g/mol. The second-order valence-electron chi connectivity index (χ2n) is 8.09. The zero-order chi connectivity index (χ0) is 22.6. The molecule has 170 valence electrons. The van der Waals surface area contributed by atoms with Gasteiger partial charge in [-0.25, -0.2) is 13.4 Å². The van der Waals surface area contributed by atoms with Crippen LogP contribution in [0.3, 0.4) is 0 Å². The summed E-state index contributed by atoms with van der Waals surface area (Å²) in [6.45, 7) is 5.30. The molecule has 1 atom stereocenters. The van der Waals surface area contributed by atoms with Gasteiger partial charge in [-0.15, -0.1) is 22.7 Å². The van der Waals surface area contributed by atoms with Crippen molar-refractivity contribution in [1.82, 2.24) is 9.88 Å². The maximum Gasteiger partial charge on any atom is 0.271 e. The van der Waals surface area contributed by atoms with Crippen LogP contribution >= 0.6 is 22.7 Å². The number of amides is 1. The Morgan fingerprint density at radius 3 is 2.75 bits per heavy atom. The first-order valence-corrected chi connectivity index (χ1v) is 13.7. The molecule has 1 aromatic carbocycles. The fourth-order valence-electron chi connectivity index (χ4n) is 3.76. The molecule has 0 radical (unpaired) electrons. The zero-order valence-electron chi connectivity index (χ0n) is 17.8. The average molecular weight is 491 g/mol. The zero-order valence-corrected chi connectivity index (χ0v) is 20.2. The maximum absolute atomic E-state index is 12.4. The van der Waals surface area contributed by atoms with Gasteiger partial charge in [0.2, 0.25) is 5.91 Å². The van der Waals surface area contributed by atoms with E-state index in [2.05, 4.69) is 26.8 Å². The van der Waals surface area contributed by atoms with Gasteiger partial charge in [0, 0.05) is 24.2 Å². The number of anilines is 2. The Balaban J connectivity index is 1.28. The Labute approximate surface area is 196 Å². The first-order chi connectivity index (χ1) is 15.4. The van der Waals surface area contributed by atoms with E-state index in [1.165, 1.54) is 24.2 Å². The summed E-state index contributed by atoms with van der Waals surface area (Å²) in [5.41, 5.74) is 2.24. The number of hydrogen-bond acceptors (Lipinski definition) is 7. The van der Waals surface area contributed by atoms with E-state index in [0.29, 0.717) is 10.8 Å². The lowest BCUT2D eigenvalue weighted by Crippen LogP contribution is -2.33. The highest BCUT2D eigenvalue weighted by molar-refractivity contribution is 7.94. The number of nitrogens with one attached hydrogen (secondary N) is 2. The third kappa shape index (κ3) is 6.16. The molecule has 1 amide bonds. The van der Waals surface area contributed by atoms with Crippen molar-refractivity contribution >= 4 is 49.4 Å². The van der Waals surface area contributed by atoms with Crippen LogP contribution in [0, 0.1) is 5.92 Å². The molecule has 1 fully saturated rings. The van der Waals surface area contributed by atoms with Crippen molar-refractivity contribution in [3.8, 4) is 0 Å². The minimum atomic E-state index is -3.58. The van der Waals surface area contributed by atoms with Crippen molar-refractivity contribution in [3.05, 3.63) is 58.4 Å². The predicted molar refractivity (Wildman–Crippen MR) is 130 cm³/mol. The molecule has 3 heterocycles. The molecule has 1 saturated heterocycles. The molecule has 1 unspecified atom stereocenters. The topological polar surface area (TPSA) is 91.4 Å². The Bertz CT molecular complexity index is 1140. The van der Waals surface area contributed by atoms with E-state index in [9.17, 15) is 13.2 Å². The van der Waals surface area contributed by atoms with Gasteiger partial charge in [-0.3, -0.25) is 14.4 Å². The van der Waals surface area contributed by atoms with Crippen LogP contribution in [0.1, 0.15) is 31.0 Å². The summed E-state index contributed by atoms with van der Waals surface area (Å²) < 4.78 is 27.4. The number of piperidine rings is 1. The van der Waals surface area contributed by atoms with E-state index < -0.39 is 10.0 Å². The summed E-state index contributed by atoms with van der Waals surface area (Å²) in [5.74, 6) is 0.573. The number of nitrogens with zero attached hydrogens (tertiary/aromatic N) is 2. The monoisotopic (exact) mass is 490 g/mol. The van der Waals surface area contributed by atoms with E-state index >= 15 is 0 Å². The lowest BCUT2D eigenvalue weighted by Gasteiger charge is -2.30. The van der Waals surface area contributed by atoms with E-state index in [1.54, 1.807) is 41.8 Å². The fourth-order valence-corrected chi connectivity index (χ4v) is 6.53. The summed E-state index contributed by atoms with van der Waals surface area (Å²) in [6.07, 6.45) is 2.70. The minimum Gasteiger partial charge on any atom is -0.302 e. The van der Waals surface area contributed by atoms with Gasteiger partial charge in [-0.1, -0.05) is 25.1 Å². The number of carbonyl (C=O) groups excluding carboxylic acids is 1. The van der Waals surface area contributed by atoms with Crippen molar-refractivity contribution < 1.29 is 13.2 Å². The third-order valence-corrected chi connectivity index (χ3v) is 8.84. The number of hydrogen-bond donors (Lipinski definition) is 2. The number of aromatic nitrogens is 1. The first kappa shape index (κ1) is 22.9. The van der Waals surface area contributed by atoms with Crippen LogP contribution in [-0.4, -0.2) is 37.3 Å². The highest BCUT2D eigenvalue weighted by atomic mass is 32.2. The van der Waals surface area contributed by atoms with Crippen LogP contribution in [0.15, 0.2) is 51.4 Å². The van der Waals surface area contributed by atoms with E-state index in [4.69, 9.17) is 0 Å². The number of rotatable bonds is 8. The molecule has 32 heavy (non-hydrogen) atoms.